The van der Waals surface area contributed by atoms with Gasteiger partial charge in [0.25, 0.3) is 0 Å². The molecule has 0 bridgehead atoms. The second kappa shape index (κ2) is 9.10. The first-order valence-corrected chi connectivity index (χ1v) is 11.1. The van der Waals surface area contributed by atoms with Crippen molar-refractivity contribution in [3.8, 4) is 11.5 Å². The predicted octanol–water partition coefficient (Wildman–Crippen LogP) is 3.89. The fourth-order valence-corrected chi connectivity index (χ4v) is 4.59. The Hall–Kier alpha value is -3.22. The van der Waals surface area contributed by atoms with Gasteiger partial charge in [-0.3, -0.25) is 4.90 Å². The van der Waals surface area contributed by atoms with Gasteiger partial charge in [0, 0.05) is 49.0 Å². The van der Waals surface area contributed by atoms with Gasteiger partial charge in [-0.25, -0.2) is 0 Å². The zero-order valence-electron chi connectivity index (χ0n) is 18.3. The molecular formula is C26H29N3O3. The number of hydrogen-bond acceptors (Lipinski definition) is 5. The average Bonchev–Trinajstić information content (AvgIpc) is 3.22. The molecule has 0 radical (unpaired) electrons. The first kappa shape index (κ1) is 20.7. The molecule has 32 heavy (non-hydrogen) atoms. The molecule has 1 unspecified atom stereocenters. The summed E-state index contributed by atoms with van der Waals surface area (Å²) in [5, 5.41) is 12.9. The molecule has 1 aliphatic rings. The SMILES string of the molecule is COc1ccccc1N1CCN(CC(O)COc2cccc3[nH]c4ccccc4c23)CC1. The van der Waals surface area contributed by atoms with E-state index in [1.165, 1.54) is 0 Å². The van der Waals surface area contributed by atoms with Crippen LogP contribution >= 0.6 is 0 Å². The Balaban J connectivity index is 1.18. The highest BCUT2D eigenvalue weighted by Gasteiger charge is 2.21. The number of aliphatic hydroxyl groups excluding tert-OH is 1. The Morgan fingerprint density at radius 3 is 2.44 bits per heavy atom. The number of H-pyrrole nitrogens is 1. The van der Waals surface area contributed by atoms with Crippen LogP contribution in [0.5, 0.6) is 11.5 Å². The second-order valence-corrected chi connectivity index (χ2v) is 8.27. The quantitative estimate of drug-likeness (QED) is 0.465. The fourth-order valence-electron chi connectivity index (χ4n) is 4.59. The third-order valence-corrected chi connectivity index (χ3v) is 6.19. The number of hydrogen-bond donors (Lipinski definition) is 2. The molecule has 1 fully saturated rings. The molecule has 0 amide bonds. The first-order chi connectivity index (χ1) is 15.7. The molecule has 1 atom stereocenters. The molecule has 1 saturated heterocycles. The van der Waals surface area contributed by atoms with Crippen LogP contribution < -0.4 is 14.4 Å². The normalized spacial score (nSPS) is 15.9. The van der Waals surface area contributed by atoms with Crippen LogP contribution in [0.2, 0.25) is 0 Å². The maximum absolute atomic E-state index is 10.7. The zero-order valence-corrected chi connectivity index (χ0v) is 18.3. The number of aliphatic hydroxyl groups is 1. The highest BCUT2D eigenvalue weighted by atomic mass is 16.5. The van der Waals surface area contributed by atoms with Gasteiger partial charge in [-0.1, -0.05) is 36.4 Å². The Morgan fingerprint density at radius 1 is 0.875 bits per heavy atom. The van der Waals surface area contributed by atoms with Gasteiger partial charge >= 0.3 is 0 Å². The van der Waals surface area contributed by atoms with Crippen molar-refractivity contribution >= 4 is 27.5 Å². The highest BCUT2D eigenvalue weighted by molar-refractivity contribution is 6.10. The van der Waals surface area contributed by atoms with E-state index in [0.29, 0.717) is 6.54 Å². The number of nitrogens with one attached hydrogen (secondary N) is 1. The molecular weight excluding hydrogens is 402 g/mol. The van der Waals surface area contributed by atoms with E-state index in [4.69, 9.17) is 9.47 Å². The van der Waals surface area contributed by atoms with Crippen molar-refractivity contribution in [2.24, 2.45) is 0 Å². The fraction of sp³-hybridized carbons (Fsp3) is 0.308. The Morgan fingerprint density at radius 2 is 1.59 bits per heavy atom. The van der Waals surface area contributed by atoms with E-state index in [2.05, 4.69) is 39.0 Å². The standard InChI is InChI=1S/C26H29N3O3/c1-31-24-11-5-4-10-23(24)29-15-13-28(14-16-29)17-19(30)18-32-25-12-6-9-22-26(25)20-7-2-3-8-21(20)27-22/h2-12,19,27,30H,13-18H2,1H3. The molecule has 2 N–H and O–H groups in total. The summed E-state index contributed by atoms with van der Waals surface area (Å²) in [4.78, 5) is 8.07. The van der Waals surface area contributed by atoms with Gasteiger partial charge in [-0.15, -0.1) is 0 Å². The highest BCUT2D eigenvalue weighted by Crippen LogP contribution is 2.33. The van der Waals surface area contributed by atoms with E-state index >= 15 is 0 Å². The van der Waals surface area contributed by atoms with Gasteiger partial charge < -0.3 is 24.5 Å². The topological polar surface area (TPSA) is 61.0 Å². The molecule has 0 saturated carbocycles. The zero-order chi connectivity index (χ0) is 21.9. The minimum Gasteiger partial charge on any atom is -0.495 e. The van der Waals surface area contributed by atoms with Crippen LogP contribution in [0.3, 0.4) is 0 Å². The summed E-state index contributed by atoms with van der Waals surface area (Å²) in [5.74, 6) is 1.71. The summed E-state index contributed by atoms with van der Waals surface area (Å²) in [6.45, 7) is 4.47. The van der Waals surface area contributed by atoms with Crippen LogP contribution in [0.4, 0.5) is 5.69 Å². The number of methoxy groups -OCH3 is 1. The predicted molar refractivity (Wildman–Crippen MR) is 129 cm³/mol. The largest absolute Gasteiger partial charge is 0.495 e. The van der Waals surface area contributed by atoms with Gasteiger partial charge in [0.05, 0.1) is 18.3 Å². The van der Waals surface area contributed by atoms with Crippen LogP contribution in [-0.2, 0) is 0 Å². The summed E-state index contributed by atoms with van der Waals surface area (Å²) in [6, 6.07) is 22.4. The smallest absolute Gasteiger partial charge is 0.142 e. The monoisotopic (exact) mass is 431 g/mol. The molecule has 3 aromatic carbocycles. The molecule has 0 aliphatic carbocycles. The number of piperazine rings is 1. The van der Waals surface area contributed by atoms with Gasteiger partial charge in [-0.2, -0.15) is 0 Å². The van der Waals surface area contributed by atoms with Crippen molar-refractivity contribution in [1.82, 2.24) is 9.88 Å². The van der Waals surface area contributed by atoms with Crippen molar-refractivity contribution in [1.29, 1.82) is 0 Å². The number of ether oxygens (including phenoxy) is 2. The lowest BCUT2D eigenvalue weighted by Gasteiger charge is -2.37. The van der Waals surface area contributed by atoms with Gasteiger partial charge in [-0.05, 0) is 30.3 Å². The summed E-state index contributed by atoms with van der Waals surface area (Å²) < 4.78 is 11.6. The van der Waals surface area contributed by atoms with Crippen molar-refractivity contribution in [2.45, 2.75) is 6.10 Å². The third-order valence-electron chi connectivity index (χ3n) is 6.19. The number of rotatable bonds is 7. The van der Waals surface area contributed by atoms with Crippen molar-refractivity contribution in [3.63, 3.8) is 0 Å². The summed E-state index contributed by atoms with van der Waals surface area (Å²) in [7, 11) is 1.71. The van der Waals surface area contributed by atoms with E-state index in [1.807, 2.05) is 42.5 Å². The van der Waals surface area contributed by atoms with Crippen molar-refractivity contribution < 1.29 is 14.6 Å². The number of para-hydroxylation sites is 3. The minimum atomic E-state index is -0.548. The van der Waals surface area contributed by atoms with E-state index in [0.717, 1.165) is 65.2 Å². The number of anilines is 1. The molecule has 6 nitrogen and oxygen atoms in total. The lowest BCUT2D eigenvalue weighted by molar-refractivity contribution is 0.0668. The maximum Gasteiger partial charge on any atom is 0.142 e. The van der Waals surface area contributed by atoms with Gasteiger partial charge in [0.2, 0.25) is 0 Å². The van der Waals surface area contributed by atoms with E-state index < -0.39 is 6.10 Å². The summed E-state index contributed by atoms with van der Waals surface area (Å²) >= 11 is 0. The van der Waals surface area contributed by atoms with Gasteiger partial charge in [0.1, 0.15) is 24.2 Å². The first-order valence-electron chi connectivity index (χ1n) is 11.1. The molecule has 1 aliphatic heterocycles. The van der Waals surface area contributed by atoms with Crippen LogP contribution in [0.25, 0.3) is 21.8 Å². The van der Waals surface area contributed by atoms with Crippen LogP contribution in [0.15, 0.2) is 66.7 Å². The van der Waals surface area contributed by atoms with E-state index in [-0.39, 0.29) is 6.61 Å². The van der Waals surface area contributed by atoms with Crippen molar-refractivity contribution in [3.05, 3.63) is 66.7 Å². The Bertz CT molecular complexity index is 1200. The second-order valence-electron chi connectivity index (χ2n) is 8.27. The Labute approximate surface area is 188 Å². The number of aromatic amines is 1. The molecule has 6 heteroatoms. The molecule has 1 aromatic heterocycles. The van der Waals surface area contributed by atoms with Crippen molar-refractivity contribution in [2.75, 3.05) is 51.3 Å². The van der Waals surface area contributed by atoms with Gasteiger partial charge in [0.15, 0.2) is 0 Å². The number of fused-ring (bicyclic) bond motifs is 3. The average molecular weight is 432 g/mol. The minimum absolute atomic E-state index is 0.269. The Kier molecular flexibility index (Phi) is 5.88. The van der Waals surface area contributed by atoms with E-state index in [9.17, 15) is 5.11 Å². The van der Waals surface area contributed by atoms with Crippen LogP contribution in [0, 0.1) is 0 Å². The van der Waals surface area contributed by atoms with Crippen LogP contribution in [0.1, 0.15) is 0 Å². The lowest BCUT2D eigenvalue weighted by atomic mass is 10.1. The number of β-amino-alcohol motifs (C(OH)–C–C–N with tert-alkyl or cyclic N) is 1. The number of benzene rings is 3. The summed E-state index contributed by atoms with van der Waals surface area (Å²) in [6.07, 6.45) is -0.548. The number of aromatic nitrogens is 1. The molecule has 5 rings (SSSR count). The van der Waals surface area contributed by atoms with Crippen LogP contribution in [-0.4, -0.2) is 67.5 Å². The summed E-state index contributed by atoms with van der Waals surface area (Å²) in [5.41, 5.74) is 3.27. The maximum atomic E-state index is 10.7. The molecule has 166 valence electrons. The lowest BCUT2D eigenvalue weighted by Crippen LogP contribution is -2.49. The number of nitrogens with zero attached hydrogens (tertiary/aromatic N) is 2. The molecule has 4 aromatic rings. The molecule has 0 spiro atoms. The molecule has 2 heterocycles. The third kappa shape index (κ3) is 4.11. The van der Waals surface area contributed by atoms with E-state index in [1.54, 1.807) is 7.11 Å².